The van der Waals surface area contributed by atoms with Crippen molar-refractivity contribution in [2.24, 2.45) is 4.99 Å². The number of esters is 1. The van der Waals surface area contributed by atoms with Crippen molar-refractivity contribution in [3.63, 3.8) is 0 Å². The molecule has 2 N–H and O–H groups in total. The Morgan fingerprint density at radius 1 is 1.21 bits per heavy atom. The number of carbonyl (C=O) groups is 2. The standard InChI is InChI=1S/C23H31F3N2O6/c1-15-22(20(31)27-14-23(24,25)26,11-10-18(30)34-21(2,3)4)28-19(33-15)16-6-8-17(9-7-16)32-13-5-12-29/h6-9,15,29H,5,10-14H2,1-4H3,(H,27,31)/t15-,22-/m1/s1. The molecule has 11 heteroatoms. The van der Waals surface area contributed by atoms with Gasteiger partial charge in [-0.25, -0.2) is 4.99 Å². The van der Waals surface area contributed by atoms with Gasteiger partial charge in [0.15, 0.2) is 5.54 Å². The summed E-state index contributed by atoms with van der Waals surface area (Å²) in [4.78, 5) is 29.5. The van der Waals surface area contributed by atoms with Crippen molar-refractivity contribution >= 4 is 17.8 Å². The van der Waals surface area contributed by atoms with E-state index < -0.39 is 41.8 Å². The highest BCUT2D eigenvalue weighted by Gasteiger charge is 2.51. The number of aliphatic hydroxyl groups is 1. The average molecular weight is 489 g/mol. The van der Waals surface area contributed by atoms with E-state index in [1.807, 2.05) is 5.32 Å². The Morgan fingerprint density at radius 2 is 1.85 bits per heavy atom. The fourth-order valence-electron chi connectivity index (χ4n) is 3.27. The SMILES string of the molecule is C[C@H]1OC(c2ccc(OCCCO)cc2)=N[C@@]1(CCC(=O)OC(C)(C)C)C(=O)NCC(F)(F)F. The van der Waals surface area contributed by atoms with Crippen LogP contribution in [0, 0.1) is 0 Å². The van der Waals surface area contributed by atoms with Gasteiger partial charge in [0.05, 0.1) is 6.61 Å². The molecule has 1 heterocycles. The third kappa shape index (κ3) is 7.89. The van der Waals surface area contributed by atoms with Crippen LogP contribution in [0.2, 0.25) is 0 Å². The molecule has 0 bridgehead atoms. The van der Waals surface area contributed by atoms with E-state index in [1.165, 1.54) is 6.92 Å². The van der Waals surface area contributed by atoms with E-state index in [1.54, 1.807) is 45.0 Å². The van der Waals surface area contributed by atoms with Gasteiger partial charge in [-0.15, -0.1) is 0 Å². The number of nitrogens with zero attached hydrogens (tertiary/aromatic N) is 1. The molecule has 0 aromatic heterocycles. The monoisotopic (exact) mass is 488 g/mol. The molecule has 34 heavy (non-hydrogen) atoms. The van der Waals surface area contributed by atoms with Gasteiger partial charge in [-0.05, 0) is 58.4 Å². The van der Waals surface area contributed by atoms with E-state index in [-0.39, 0.29) is 25.3 Å². The van der Waals surface area contributed by atoms with Crippen LogP contribution in [0.15, 0.2) is 29.3 Å². The normalized spacial score (nSPS) is 20.4. The van der Waals surface area contributed by atoms with Crippen LogP contribution < -0.4 is 10.1 Å². The van der Waals surface area contributed by atoms with Crippen molar-refractivity contribution in [3.8, 4) is 5.75 Å². The third-order valence-corrected chi connectivity index (χ3v) is 4.91. The molecule has 1 aromatic rings. The summed E-state index contributed by atoms with van der Waals surface area (Å²) in [6, 6.07) is 6.57. The Balaban J connectivity index is 2.27. The Kier molecular flexibility index (Phi) is 8.93. The van der Waals surface area contributed by atoms with Gasteiger partial charge >= 0.3 is 12.1 Å². The predicted molar refractivity (Wildman–Crippen MR) is 118 cm³/mol. The van der Waals surface area contributed by atoms with Crippen LogP contribution in [-0.4, -0.2) is 66.1 Å². The van der Waals surface area contributed by atoms with Crippen LogP contribution >= 0.6 is 0 Å². The Hall–Kier alpha value is -2.82. The van der Waals surface area contributed by atoms with Crippen molar-refractivity contribution in [3.05, 3.63) is 29.8 Å². The van der Waals surface area contributed by atoms with Crippen molar-refractivity contribution in [2.45, 2.75) is 70.4 Å². The average Bonchev–Trinajstić information content (AvgIpc) is 3.07. The zero-order valence-corrected chi connectivity index (χ0v) is 19.7. The molecule has 0 fully saturated rings. The largest absolute Gasteiger partial charge is 0.494 e. The second-order valence-corrected chi connectivity index (χ2v) is 8.94. The number of benzene rings is 1. The lowest BCUT2D eigenvalue weighted by molar-refractivity contribution is -0.155. The van der Waals surface area contributed by atoms with Crippen LogP contribution in [0.3, 0.4) is 0 Å². The summed E-state index contributed by atoms with van der Waals surface area (Å²) in [5, 5.41) is 10.7. The zero-order chi connectivity index (χ0) is 25.6. The van der Waals surface area contributed by atoms with Gasteiger partial charge in [0.1, 0.15) is 24.0 Å². The number of nitrogens with one attached hydrogen (secondary N) is 1. The molecule has 1 aromatic carbocycles. The number of ether oxygens (including phenoxy) is 3. The van der Waals surface area contributed by atoms with Crippen LogP contribution in [-0.2, 0) is 19.1 Å². The zero-order valence-electron chi connectivity index (χ0n) is 19.7. The summed E-state index contributed by atoms with van der Waals surface area (Å²) >= 11 is 0. The quantitative estimate of drug-likeness (QED) is 0.387. The molecular formula is C23H31F3N2O6. The first-order valence-corrected chi connectivity index (χ1v) is 10.9. The fourth-order valence-corrected chi connectivity index (χ4v) is 3.27. The molecule has 1 aliphatic heterocycles. The van der Waals surface area contributed by atoms with Crippen molar-refractivity contribution in [1.29, 1.82) is 0 Å². The third-order valence-electron chi connectivity index (χ3n) is 4.91. The molecule has 190 valence electrons. The van der Waals surface area contributed by atoms with Crippen molar-refractivity contribution in [2.75, 3.05) is 19.8 Å². The lowest BCUT2D eigenvalue weighted by Crippen LogP contribution is -2.53. The number of carbonyl (C=O) groups excluding carboxylic acids is 2. The van der Waals surface area contributed by atoms with E-state index in [4.69, 9.17) is 19.3 Å². The predicted octanol–water partition coefficient (Wildman–Crippen LogP) is 3.15. The minimum atomic E-state index is -4.61. The van der Waals surface area contributed by atoms with Crippen LogP contribution in [0.1, 0.15) is 52.5 Å². The summed E-state index contributed by atoms with van der Waals surface area (Å²) in [5.74, 6) is -0.973. The molecule has 1 aliphatic rings. The molecule has 2 atom stereocenters. The number of hydrogen-bond donors (Lipinski definition) is 2. The van der Waals surface area contributed by atoms with Gasteiger partial charge in [0.25, 0.3) is 5.91 Å². The minimum Gasteiger partial charge on any atom is -0.494 e. The summed E-state index contributed by atoms with van der Waals surface area (Å²) in [6.45, 7) is 5.38. The first-order valence-electron chi connectivity index (χ1n) is 10.9. The Labute approximate surface area is 196 Å². The van der Waals surface area contributed by atoms with E-state index in [9.17, 15) is 22.8 Å². The van der Waals surface area contributed by atoms with Gasteiger partial charge < -0.3 is 24.6 Å². The lowest BCUT2D eigenvalue weighted by atomic mass is 9.88. The van der Waals surface area contributed by atoms with Gasteiger partial charge in [-0.3, -0.25) is 9.59 Å². The molecule has 2 rings (SSSR count). The minimum absolute atomic E-state index is 0.00238. The summed E-state index contributed by atoms with van der Waals surface area (Å²) in [5.41, 5.74) is -2.01. The summed E-state index contributed by atoms with van der Waals surface area (Å²) < 4.78 is 54.7. The molecule has 0 aliphatic carbocycles. The van der Waals surface area contributed by atoms with Crippen molar-refractivity contribution < 1.29 is 42.1 Å². The maximum atomic E-state index is 12.9. The molecule has 1 amide bonds. The van der Waals surface area contributed by atoms with E-state index in [0.717, 1.165) is 0 Å². The Bertz CT molecular complexity index is 880. The second kappa shape index (κ2) is 11.1. The van der Waals surface area contributed by atoms with E-state index in [0.29, 0.717) is 24.3 Å². The molecule has 0 radical (unpaired) electrons. The second-order valence-electron chi connectivity index (χ2n) is 8.94. The van der Waals surface area contributed by atoms with Gasteiger partial charge in [0, 0.05) is 25.0 Å². The smallest absolute Gasteiger partial charge is 0.405 e. The van der Waals surface area contributed by atoms with Crippen LogP contribution in [0.4, 0.5) is 13.2 Å². The highest BCUT2D eigenvalue weighted by atomic mass is 19.4. The van der Waals surface area contributed by atoms with Crippen LogP contribution in [0.25, 0.3) is 0 Å². The highest BCUT2D eigenvalue weighted by Crippen LogP contribution is 2.34. The fraction of sp³-hybridized carbons (Fsp3) is 0.609. The number of halogens is 3. The Morgan fingerprint density at radius 3 is 2.41 bits per heavy atom. The maximum Gasteiger partial charge on any atom is 0.405 e. The summed E-state index contributed by atoms with van der Waals surface area (Å²) in [7, 11) is 0. The number of aliphatic imine (C=N–C) groups is 1. The maximum absolute atomic E-state index is 12.9. The topological polar surface area (TPSA) is 106 Å². The molecule has 0 spiro atoms. The molecule has 8 nitrogen and oxygen atoms in total. The molecular weight excluding hydrogens is 457 g/mol. The molecule has 0 unspecified atom stereocenters. The van der Waals surface area contributed by atoms with E-state index in [2.05, 4.69) is 4.99 Å². The lowest BCUT2D eigenvalue weighted by Gasteiger charge is -2.28. The number of aliphatic hydroxyl groups excluding tert-OH is 1. The number of rotatable bonds is 10. The van der Waals surface area contributed by atoms with Crippen molar-refractivity contribution in [1.82, 2.24) is 5.32 Å². The van der Waals surface area contributed by atoms with Gasteiger partial charge in [-0.2, -0.15) is 13.2 Å². The number of alkyl halides is 3. The molecule has 0 saturated carbocycles. The first-order chi connectivity index (χ1) is 15.8. The summed E-state index contributed by atoms with van der Waals surface area (Å²) in [6.07, 6.45) is -5.50. The van der Waals surface area contributed by atoms with Gasteiger partial charge in [0.2, 0.25) is 5.90 Å². The number of hydrogen-bond acceptors (Lipinski definition) is 7. The highest BCUT2D eigenvalue weighted by molar-refractivity contribution is 6.00. The molecule has 0 saturated heterocycles. The van der Waals surface area contributed by atoms with Gasteiger partial charge in [-0.1, -0.05) is 0 Å². The van der Waals surface area contributed by atoms with E-state index >= 15 is 0 Å². The first kappa shape index (κ1) is 27.4. The van der Waals surface area contributed by atoms with Crippen LogP contribution in [0.5, 0.6) is 5.75 Å². The number of amides is 1.